The van der Waals surface area contributed by atoms with E-state index in [1.807, 2.05) is 36.4 Å². The number of ether oxygens (including phenoxy) is 1. The molecule has 82 valence electrons. The van der Waals surface area contributed by atoms with Gasteiger partial charge in [-0.15, -0.1) is 0 Å². The van der Waals surface area contributed by atoms with Gasteiger partial charge in [-0.25, -0.2) is 4.79 Å². The number of benzene rings is 1. The normalized spacial score (nSPS) is 19.1. The van der Waals surface area contributed by atoms with Crippen molar-refractivity contribution in [2.75, 3.05) is 7.11 Å². The average molecular weight is 214 g/mol. The van der Waals surface area contributed by atoms with Crippen LogP contribution in [0.1, 0.15) is 17.9 Å². The van der Waals surface area contributed by atoms with Crippen LogP contribution in [0.2, 0.25) is 0 Å². The van der Waals surface area contributed by atoms with Crippen molar-refractivity contribution in [1.82, 2.24) is 0 Å². The largest absolute Gasteiger partial charge is 0.466 e. The van der Waals surface area contributed by atoms with Crippen molar-refractivity contribution in [3.8, 4) is 0 Å². The molecule has 1 atom stereocenters. The Hall–Kier alpha value is -1.83. The molecule has 1 unspecified atom stereocenters. The highest BCUT2D eigenvalue weighted by atomic mass is 16.5. The molecule has 0 aliphatic heterocycles. The Bertz CT molecular complexity index is 429. The second kappa shape index (κ2) is 4.79. The van der Waals surface area contributed by atoms with Gasteiger partial charge in [0, 0.05) is 11.5 Å². The van der Waals surface area contributed by atoms with Gasteiger partial charge in [-0.3, -0.25) is 0 Å². The van der Waals surface area contributed by atoms with Crippen molar-refractivity contribution in [3.05, 3.63) is 59.7 Å². The minimum Gasteiger partial charge on any atom is -0.466 e. The minimum atomic E-state index is -0.238. The van der Waals surface area contributed by atoms with Crippen molar-refractivity contribution >= 4 is 5.97 Å². The highest BCUT2D eigenvalue weighted by Gasteiger charge is 2.22. The molecule has 2 nitrogen and oxygen atoms in total. The summed E-state index contributed by atoms with van der Waals surface area (Å²) in [6.45, 7) is 0. The number of methoxy groups -OCH3 is 1. The third-order valence-electron chi connectivity index (χ3n) is 2.72. The standard InChI is InChI=1S/C14H14O2/c1-16-14(15)13-10-6-5-9-12(13)11-7-3-2-4-8-11/h2-5,7-10,12H,6H2,1H3. The molecule has 0 heterocycles. The maximum Gasteiger partial charge on any atom is 0.334 e. The van der Waals surface area contributed by atoms with Crippen LogP contribution < -0.4 is 0 Å². The van der Waals surface area contributed by atoms with Gasteiger partial charge in [0.25, 0.3) is 0 Å². The van der Waals surface area contributed by atoms with Crippen molar-refractivity contribution in [3.63, 3.8) is 0 Å². The lowest BCUT2D eigenvalue weighted by atomic mass is 9.87. The fourth-order valence-electron chi connectivity index (χ4n) is 1.92. The second-order valence-corrected chi connectivity index (χ2v) is 3.70. The summed E-state index contributed by atoms with van der Waals surface area (Å²) in [7, 11) is 1.42. The molecule has 0 saturated carbocycles. The van der Waals surface area contributed by atoms with Gasteiger partial charge in [0.2, 0.25) is 0 Å². The average Bonchev–Trinajstić information content (AvgIpc) is 2.39. The van der Waals surface area contributed by atoms with Gasteiger partial charge in [-0.1, -0.05) is 48.6 Å². The summed E-state index contributed by atoms with van der Waals surface area (Å²) in [4.78, 5) is 11.6. The molecule has 0 radical (unpaired) electrons. The van der Waals surface area contributed by atoms with E-state index < -0.39 is 0 Å². The van der Waals surface area contributed by atoms with Crippen molar-refractivity contribution < 1.29 is 9.53 Å². The Labute approximate surface area is 95.2 Å². The number of carbonyl (C=O) groups is 1. The molecule has 0 fully saturated rings. The van der Waals surface area contributed by atoms with E-state index in [0.717, 1.165) is 17.6 Å². The Morgan fingerprint density at radius 3 is 2.75 bits per heavy atom. The van der Waals surface area contributed by atoms with Crippen LogP contribution in [-0.2, 0) is 9.53 Å². The third kappa shape index (κ3) is 2.06. The minimum absolute atomic E-state index is 0.0300. The topological polar surface area (TPSA) is 26.3 Å². The van der Waals surface area contributed by atoms with Crippen LogP contribution in [0.15, 0.2) is 54.1 Å². The van der Waals surface area contributed by atoms with E-state index >= 15 is 0 Å². The molecular formula is C14H14O2. The first kappa shape index (κ1) is 10.7. The summed E-state index contributed by atoms with van der Waals surface area (Å²) >= 11 is 0. The lowest BCUT2D eigenvalue weighted by Gasteiger charge is -2.18. The number of rotatable bonds is 2. The Kier molecular flexibility index (Phi) is 3.20. The maximum atomic E-state index is 11.6. The van der Waals surface area contributed by atoms with Crippen LogP contribution in [0.5, 0.6) is 0 Å². The molecule has 0 saturated heterocycles. The smallest absolute Gasteiger partial charge is 0.334 e. The molecule has 1 aromatic carbocycles. The zero-order valence-electron chi connectivity index (χ0n) is 9.22. The monoisotopic (exact) mass is 214 g/mol. The second-order valence-electron chi connectivity index (χ2n) is 3.70. The number of esters is 1. The van der Waals surface area contributed by atoms with E-state index in [0.29, 0.717) is 0 Å². The van der Waals surface area contributed by atoms with Gasteiger partial charge in [0.1, 0.15) is 0 Å². The zero-order valence-corrected chi connectivity index (χ0v) is 9.22. The lowest BCUT2D eigenvalue weighted by molar-refractivity contribution is -0.136. The van der Waals surface area contributed by atoms with Gasteiger partial charge >= 0.3 is 5.97 Å². The summed E-state index contributed by atoms with van der Waals surface area (Å²) in [6.07, 6.45) is 6.86. The maximum absolute atomic E-state index is 11.6. The highest BCUT2D eigenvalue weighted by molar-refractivity contribution is 5.91. The van der Waals surface area contributed by atoms with Gasteiger partial charge in [0.15, 0.2) is 0 Å². The van der Waals surface area contributed by atoms with E-state index in [9.17, 15) is 4.79 Å². The predicted octanol–water partition coefficient (Wildman–Crippen LogP) is 2.83. The quantitative estimate of drug-likeness (QED) is 0.559. The van der Waals surface area contributed by atoms with Crippen LogP contribution in [0, 0.1) is 0 Å². The van der Waals surface area contributed by atoms with Crippen LogP contribution in [-0.4, -0.2) is 13.1 Å². The first-order chi connectivity index (χ1) is 7.83. The number of hydrogen-bond donors (Lipinski definition) is 0. The van der Waals surface area contributed by atoms with Crippen molar-refractivity contribution in [2.24, 2.45) is 0 Å². The molecule has 2 rings (SSSR count). The molecule has 0 N–H and O–H groups in total. The summed E-state index contributed by atoms with van der Waals surface area (Å²) in [5.74, 6) is -0.208. The Morgan fingerprint density at radius 2 is 2.06 bits per heavy atom. The molecule has 16 heavy (non-hydrogen) atoms. The molecule has 2 heteroatoms. The Balaban J connectivity index is 2.32. The van der Waals surface area contributed by atoms with Gasteiger partial charge < -0.3 is 4.74 Å². The summed E-state index contributed by atoms with van der Waals surface area (Å²) in [6, 6.07) is 9.98. The summed E-state index contributed by atoms with van der Waals surface area (Å²) < 4.78 is 4.80. The van der Waals surface area contributed by atoms with Gasteiger partial charge in [0.05, 0.1) is 7.11 Å². The van der Waals surface area contributed by atoms with Crippen LogP contribution in [0.3, 0.4) is 0 Å². The Morgan fingerprint density at radius 1 is 1.31 bits per heavy atom. The molecule has 1 aromatic rings. The fraction of sp³-hybridized carbons (Fsp3) is 0.214. The predicted molar refractivity (Wildman–Crippen MR) is 63.0 cm³/mol. The highest BCUT2D eigenvalue weighted by Crippen LogP contribution is 2.29. The number of carbonyl (C=O) groups excluding carboxylic acids is 1. The van der Waals surface area contributed by atoms with Gasteiger partial charge in [-0.2, -0.15) is 0 Å². The van der Waals surface area contributed by atoms with Gasteiger partial charge in [-0.05, 0) is 12.0 Å². The number of allylic oxidation sites excluding steroid dienone is 3. The molecule has 0 aromatic heterocycles. The van der Waals surface area contributed by atoms with E-state index in [2.05, 4.69) is 12.2 Å². The SMILES string of the molecule is COC(=O)C1=CCC=CC1c1ccccc1. The van der Waals surface area contributed by atoms with Crippen LogP contribution in [0.25, 0.3) is 0 Å². The van der Waals surface area contributed by atoms with Crippen molar-refractivity contribution in [2.45, 2.75) is 12.3 Å². The van der Waals surface area contributed by atoms with E-state index in [1.165, 1.54) is 7.11 Å². The lowest BCUT2D eigenvalue weighted by Crippen LogP contribution is -2.13. The number of hydrogen-bond acceptors (Lipinski definition) is 2. The first-order valence-electron chi connectivity index (χ1n) is 5.33. The summed E-state index contributed by atoms with van der Waals surface area (Å²) in [5.41, 5.74) is 1.85. The molecule has 0 amide bonds. The summed E-state index contributed by atoms with van der Waals surface area (Å²) in [5, 5.41) is 0. The molecule has 0 bridgehead atoms. The van der Waals surface area contributed by atoms with E-state index in [-0.39, 0.29) is 11.9 Å². The van der Waals surface area contributed by atoms with E-state index in [1.54, 1.807) is 0 Å². The first-order valence-corrected chi connectivity index (χ1v) is 5.33. The third-order valence-corrected chi connectivity index (χ3v) is 2.72. The molecular weight excluding hydrogens is 200 g/mol. The fourth-order valence-corrected chi connectivity index (χ4v) is 1.92. The molecule has 0 spiro atoms. The van der Waals surface area contributed by atoms with Crippen LogP contribution >= 0.6 is 0 Å². The molecule has 1 aliphatic carbocycles. The van der Waals surface area contributed by atoms with E-state index in [4.69, 9.17) is 4.74 Å². The van der Waals surface area contributed by atoms with Crippen LogP contribution in [0.4, 0.5) is 0 Å². The molecule has 1 aliphatic rings. The zero-order chi connectivity index (χ0) is 11.4. The van der Waals surface area contributed by atoms with Crippen molar-refractivity contribution in [1.29, 1.82) is 0 Å².